The summed E-state index contributed by atoms with van der Waals surface area (Å²) in [6, 6.07) is 20.3. The number of hydrogen-bond donors (Lipinski definition) is 0. The summed E-state index contributed by atoms with van der Waals surface area (Å²) in [6.45, 7) is 8.19. The van der Waals surface area contributed by atoms with E-state index < -0.39 is 18.3 Å². The Morgan fingerprint density at radius 1 is 0.889 bits per heavy atom. The van der Waals surface area contributed by atoms with Crippen LogP contribution >= 0.6 is 0 Å². The van der Waals surface area contributed by atoms with Gasteiger partial charge in [0.2, 0.25) is 0 Å². The fourth-order valence-electron chi connectivity index (χ4n) is 3.40. The van der Waals surface area contributed by atoms with Crippen LogP contribution in [-0.4, -0.2) is 24.1 Å². The highest BCUT2D eigenvalue weighted by molar-refractivity contribution is 6.48. The average Bonchev–Trinajstić information content (AvgIpc) is 2.87. The van der Waals surface area contributed by atoms with Gasteiger partial charge in [0.1, 0.15) is 5.78 Å². The summed E-state index contributed by atoms with van der Waals surface area (Å²) < 4.78 is 12.5. The molecule has 27 heavy (non-hydrogen) atoms. The molecule has 0 aliphatic carbocycles. The second-order valence-corrected chi connectivity index (χ2v) is 8.37. The van der Waals surface area contributed by atoms with Crippen molar-refractivity contribution in [3.63, 3.8) is 0 Å². The molecule has 0 bridgehead atoms. The number of ketones is 1. The van der Waals surface area contributed by atoms with Crippen LogP contribution < -0.4 is 0 Å². The molecule has 1 aliphatic heterocycles. The van der Waals surface area contributed by atoms with Crippen molar-refractivity contribution in [2.45, 2.75) is 64.0 Å². The van der Waals surface area contributed by atoms with Gasteiger partial charge in [-0.2, -0.15) is 0 Å². The summed E-state index contributed by atoms with van der Waals surface area (Å²) in [5.74, 6) is 0.137. The molecule has 3 rings (SSSR count). The summed E-state index contributed by atoms with van der Waals surface area (Å²) >= 11 is 0. The van der Waals surface area contributed by atoms with E-state index in [-0.39, 0.29) is 11.6 Å². The lowest BCUT2D eigenvalue weighted by Gasteiger charge is -2.32. The van der Waals surface area contributed by atoms with Gasteiger partial charge in [0.25, 0.3) is 0 Å². The van der Waals surface area contributed by atoms with Crippen LogP contribution in [-0.2, 0) is 20.5 Å². The molecular weight excluding hydrogens is 335 g/mol. The topological polar surface area (TPSA) is 35.5 Å². The van der Waals surface area contributed by atoms with E-state index in [2.05, 4.69) is 24.3 Å². The van der Waals surface area contributed by atoms with Crippen LogP contribution in [0.15, 0.2) is 60.7 Å². The van der Waals surface area contributed by atoms with E-state index in [0.717, 1.165) is 12.0 Å². The Balaban J connectivity index is 1.72. The first-order chi connectivity index (χ1) is 12.8. The minimum absolute atomic E-state index is 0.101. The predicted molar refractivity (Wildman–Crippen MR) is 110 cm³/mol. The van der Waals surface area contributed by atoms with E-state index in [9.17, 15) is 4.79 Å². The normalized spacial score (nSPS) is 19.0. The third-order valence-corrected chi connectivity index (χ3v) is 5.81. The standard InChI is InChI=1S/C23H29BO3/c1-22(2)23(3,4)27-24(26-22)21(19-13-9-6-10-14-19)17-20(25)16-15-18-11-7-5-8-12-18/h5-14,21H,15-17H2,1-4H3. The van der Waals surface area contributed by atoms with Gasteiger partial charge in [-0.05, 0) is 45.2 Å². The molecule has 1 fully saturated rings. The van der Waals surface area contributed by atoms with Crippen LogP contribution in [0.2, 0.25) is 0 Å². The van der Waals surface area contributed by atoms with Crippen LogP contribution in [0.4, 0.5) is 0 Å². The molecule has 4 heteroatoms. The summed E-state index contributed by atoms with van der Waals surface area (Å²) in [7, 11) is -0.418. The van der Waals surface area contributed by atoms with Gasteiger partial charge < -0.3 is 9.31 Å². The molecule has 2 aromatic carbocycles. The van der Waals surface area contributed by atoms with Crippen LogP contribution in [0, 0.1) is 0 Å². The summed E-state index contributed by atoms with van der Waals surface area (Å²) in [5.41, 5.74) is 1.47. The maximum Gasteiger partial charge on any atom is 0.466 e. The van der Waals surface area contributed by atoms with Crippen LogP contribution in [0.1, 0.15) is 57.5 Å². The van der Waals surface area contributed by atoms with Crippen molar-refractivity contribution in [2.24, 2.45) is 0 Å². The summed E-state index contributed by atoms with van der Waals surface area (Å²) in [6.07, 6.45) is 1.73. The molecular formula is C23H29BO3. The largest absolute Gasteiger partial charge is 0.466 e. The third kappa shape index (κ3) is 4.69. The molecule has 1 unspecified atom stereocenters. The van der Waals surface area contributed by atoms with Gasteiger partial charge in [0, 0.05) is 18.7 Å². The number of aryl methyl sites for hydroxylation is 1. The zero-order chi connectivity index (χ0) is 19.5. The van der Waals surface area contributed by atoms with Crippen molar-refractivity contribution in [1.29, 1.82) is 0 Å². The van der Waals surface area contributed by atoms with E-state index in [0.29, 0.717) is 12.8 Å². The molecule has 0 N–H and O–H groups in total. The molecule has 2 aromatic rings. The van der Waals surface area contributed by atoms with Gasteiger partial charge in [-0.1, -0.05) is 60.7 Å². The lowest BCUT2D eigenvalue weighted by atomic mass is 9.65. The van der Waals surface area contributed by atoms with E-state index in [1.807, 2.05) is 64.1 Å². The minimum atomic E-state index is -0.418. The van der Waals surface area contributed by atoms with Gasteiger partial charge in [-0.15, -0.1) is 0 Å². The molecule has 1 atom stereocenters. The molecule has 0 aromatic heterocycles. The number of rotatable bonds is 7. The van der Waals surface area contributed by atoms with E-state index in [1.54, 1.807) is 0 Å². The molecule has 142 valence electrons. The first-order valence-electron chi connectivity index (χ1n) is 9.75. The smallest absolute Gasteiger partial charge is 0.403 e. The maximum atomic E-state index is 12.8. The van der Waals surface area contributed by atoms with Crippen molar-refractivity contribution < 1.29 is 14.1 Å². The lowest BCUT2D eigenvalue weighted by molar-refractivity contribution is -0.119. The molecule has 1 aliphatic rings. The van der Waals surface area contributed by atoms with Crippen LogP contribution in [0.5, 0.6) is 0 Å². The maximum absolute atomic E-state index is 12.8. The van der Waals surface area contributed by atoms with Crippen molar-refractivity contribution in [3.05, 3.63) is 71.8 Å². The van der Waals surface area contributed by atoms with Crippen molar-refractivity contribution >= 4 is 12.9 Å². The Morgan fingerprint density at radius 2 is 1.41 bits per heavy atom. The zero-order valence-corrected chi connectivity index (χ0v) is 16.8. The highest BCUT2D eigenvalue weighted by Gasteiger charge is 2.54. The van der Waals surface area contributed by atoms with Gasteiger partial charge >= 0.3 is 7.12 Å². The minimum Gasteiger partial charge on any atom is -0.403 e. The fourth-order valence-corrected chi connectivity index (χ4v) is 3.40. The first kappa shape index (κ1) is 19.8. The number of benzene rings is 2. The third-order valence-electron chi connectivity index (χ3n) is 5.81. The average molecular weight is 364 g/mol. The molecule has 1 heterocycles. The fraction of sp³-hybridized carbons (Fsp3) is 0.435. The van der Waals surface area contributed by atoms with Crippen LogP contribution in [0.3, 0.4) is 0 Å². The second kappa shape index (κ2) is 7.99. The van der Waals surface area contributed by atoms with Gasteiger partial charge in [-0.25, -0.2) is 0 Å². The van der Waals surface area contributed by atoms with E-state index >= 15 is 0 Å². The lowest BCUT2D eigenvalue weighted by Crippen LogP contribution is -2.41. The number of carbonyl (C=O) groups excluding carboxylic acids is 1. The van der Waals surface area contributed by atoms with Gasteiger partial charge in [-0.3, -0.25) is 4.79 Å². The molecule has 0 radical (unpaired) electrons. The molecule has 0 amide bonds. The molecule has 0 spiro atoms. The number of hydrogen-bond acceptors (Lipinski definition) is 3. The monoisotopic (exact) mass is 364 g/mol. The Hall–Kier alpha value is -1.91. The Kier molecular flexibility index (Phi) is 5.88. The zero-order valence-electron chi connectivity index (χ0n) is 16.8. The highest BCUT2D eigenvalue weighted by atomic mass is 16.7. The SMILES string of the molecule is CC1(C)OB(C(CC(=O)CCc2ccccc2)c2ccccc2)OC1(C)C. The first-order valence-corrected chi connectivity index (χ1v) is 9.75. The second-order valence-electron chi connectivity index (χ2n) is 8.37. The highest BCUT2D eigenvalue weighted by Crippen LogP contribution is 2.41. The van der Waals surface area contributed by atoms with Crippen molar-refractivity contribution in [1.82, 2.24) is 0 Å². The molecule has 0 saturated carbocycles. The predicted octanol–water partition coefficient (Wildman–Crippen LogP) is 4.99. The quantitative estimate of drug-likeness (QED) is 0.649. The van der Waals surface area contributed by atoms with Crippen molar-refractivity contribution in [2.75, 3.05) is 0 Å². The van der Waals surface area contributed by atoms with Crippen LogP contribution in [0.25, 0.3) is 0 Å². The Bertz CT molecular complexity index is 740. The van der Waals surface area contributed by atoms with Crippen molar-refractivity contribution in [3.8, 4) is 0 Å². The number of carbonyl (C=O) groups is 1. The number of Topliss-reactive ketones (excluding diaryl/α,β-unsaturated/α-hetero) is 1. The molecule has 1 saturated heterocycles. The van der Waals surface area contributed by atoms with E-state index in [1.165, 1.54) is 5.56 Å². The van der Waals surface area contributed by atoms with Gasteiger partial charge in [0.15, 0.2) is 0 Å². The van der Waals surface area contributed by atoms with E-state index in [4.69, 9.17) is 9.31 Å². The molecule has 3 nitrogen and oxygen atoms in total. The summed E-state index contributed by atoms with van der Waals surface area (Å²) in [5, 5.41) is 0. The summed E-state index contributed by atoms with van der Waals surface area (Å²) in [4.78, 5) is 12.8. The Labute approximate surface area is 163 Å². The van der Waals surface area contributed by atoms with Gasteiger partial charge in [0.05, 0.1) is 11.2 Å². The Morgan fingerprint density at radius 3 is 1.96 bits per heavy atom.